The minimum atomic E-state index is -0.455. The van der Waals surface area contributed by atoms with Crippen molar-refractivity contribution in [3.05, 3.63) is 23.8 Å². The Labute approximate surface area is 145 Å². The largest absolute Gasteiger partial charge is 0.380 e. The first-order valence-electron chi connectivity index (χ1n) is 8.60. The number of carbonyl (C=O) groups is 2. The van der Waals surface area contributed by atoms with Gasteiger partial charge >= 0.3 is 0 Å². The van der Waals surface area contributed by atoms with Crippen LogP contribution in [-0.2, 0) is 9.53 Å². The average Bonchev–Trinajstić information content (AvgIpc) is 3.39. The molecule has 2 aliphatic heterocycles. The molecule has 0 aliphatic carbocycles. The summed E-state index contributed by atoms with van der Waals surface area (Å²) in [6.45, 7) is 1.98. The van der Waals surface area contributed by atoms with E-state index in [-0.39, 0.29) is 17.9 Å². The lowest BCUT2D eigenvalue weighted by Gasteiger charge is -2.27. The molecule has 1 aromatic carbocycles. The number of fused-ring (bicyclic) bond motifs is 1. The molecule has 1 aromatic heterocycles. The number of aromatic nitrogens is 3. The van der Waals surface area contributed by atoms with Gasteiger partial charge in [-0.1, -0.05) is 0 Å². The molecule has 0 spiro atoms. The zero-order chi connectivity index (χ0) is 17.4. The molecule has 2 saturated heterocycles. The van der Waals surface area contributed by atoms with Crippen LogP contribution < -0.4 is 0 Å². The van der Waals surface area contributed by atoms with Gasteiger partial charge in [-0.3, -0.25) is 9.59 Å². The van der Waals surface area contributed by atoms with E-state index in [1.165, 1.54) is 0 Å². The highest BCUT2D eigenvalue weighted by molar-refractivity contribution is 6.00. The number of amides is 2. The van der Waals surface area contributed by atoms with Crippen LogP contribution in [0, 0.1) is 0 Å². The summed E-state index contributed by atoms with van der Waals surface area (Å²) < 4.78 is 5.44. The van der Waals surface area contributed by atoms with Gasteiger partial charge in [-0.05, 0) is 31.0 Å². The van der Waals surface area contributed by atoms with Crippen LogP contribution in [0.2, 0.25) is 0 Å². The van der Waals surface area contributed by atoms with E-state index < -0.39 is 6.04 Å². The first-order valence-corrected chi connectivity index (χ1v) is 8.60. The number of nitrogens with one attached hydrogen (secondary N) is 1. The van der Waals surface area contributed by atoms with Crippen LogP contribution in [0.25, 0.3) is 11.0 Å². The number of nitrogens with zero attached hydrogens (tertiary/aromatic N) is 4. The zero-order valence-corrected chi connectivity index (χ0v) is 14.1. The van der Waals surface area contributed by atoms with Gasteiger partial charge in [0.2, 0.25) is 5.91 Å². The molecule has 0 unspecified atom stereocenters. The molecule has 4 rings (SSSR count). The van der Waals surface area contributed by atoms with Crippen molar-refractivity contribution in [1.82, 2.24) is 25.2 Å². The third-order valence-electron chi connectivity index (χ3n) is 5.12. The molecule has 1 N–H and O–H groups in total. The quantitative estimate of drug-likeness (QED) is 0.890. The summed E-state index contributed by atoms with van der Waals surface area (Å²) in [7, 11) is 1.62. The average molecular weight is 343 g/mol. The number of rotatable bonds is 3. The Balaban J connectivity index is 1.60. The molecule has 0 radical (unpaired) electrons. The van der Waals surface area contributed by atoms with Gasteiger partial charge in [-0.2, -0.15) is 15.4 Å². The van der Waals surface area contributed by atoms with E-state index in [1.54, 1.807) is 30.2 Å². The lowest BCUT2D eigenvalue weighted by atomic mass is 10.1. The Bertz CT molecular complexity index is 798. The highest BCUT2D eigenvalue weighted by Gasteiger charge is 2.42. The Kier molecular flexibility index (Phi) is 4.12. The number of hydrogen-bond donors (Lipinski definition) is 1. The van der Waals surface area contributed by atoms with Crippen molar-refractivity contribution in [3.63, 3.8) is 0 Å². The third-order valence-corrected chi connectivity index (χ3v) is 5.12. The predicted molar refractivity (Wildman–Crippen MR) is 89.9 cm³/mol. The highest BCUT2D eigenvalue weighted by Crippen LogP contribution is 2.26. The summed E-state index contributed by atoms with van der Waals surface area (Å²) in [5.74, 6) is -0.130. The van der Waals surface area contributed by atoms with Crippen molar-refractivity contribution < 1.29 is 14.3 Å². The molecule has 8 nitrogen and oxygen atoms in total. The number of aromatic amines is 1. The second-order valence-corrected chi connectivity index (χ2v) is 6.63. The monoisotopic (exact) mass is 343 g/mol. The minimum Gasteiger partial charge on any atom is -0.380 e. The molecule has 0 bridgehead atoms. The zero-order valence-electron chi connectivity index (χ0n) is 14.1. The Morgan fingerprint density at radius 2 is 1.96 bits per heavy atom. The first kappa shape index (κ1) is 16.0. The second-order valence-electron chi connectivity index (χ2n) is 6.63. The Hall–Kier alpha value is -2.48. The van der Waals surface area contributed by atoms with Crippen LogP contribution in [-0.4, -0.2) is 75.9 Å². The lowest BCUT2D eigenvalue weighted by molar-refractivity contribution is -0.134. The first-order chi connectivity index (χ1) is 12.2. The van der Waals surface area contributed by atoms with Gasteiger partial charge in [0.1, 0.15) is 17.1 Å². The maximum Gasteiger partial charge on any atom is 0.254 e. The number of H-pyrrole nitrogens is 1. The smallest absolute Gasteiger partial charge is 0.254 e. The van der Waals surface area contributed by atoms with Gasteiger partial charge in [-0.25, -0.2) is 0 Å². The summed E-state index contributed by atoms with van der Waals surface area (Å²) in [5.41, 5.74) is 1.85. The summed E-state index contributed by atoms with van der Waals surface area (Å²) >= 11 is 0. The fourth-order valence-electron chi connectivity index (χ4n) is 3.71. The molecule has 2 amide bonds. The van der Waals surface area contributed by atoms with Crippen molar-refractivity contribution in [1.29, 1.82) is 0 Å². The van der Waals surface area contributed by atoms with Crippen molar-refractivity contribution in [2.75, 3.05) is 26.7 Å². The van der Waals surface area contributed by atoms with E-state index in [2.05, 4.69) is 15.4 Å². The molecular formula is C17H21N5O3. The standard InChI is InChI=1S/C17H21N5O3/c1-25-12-9-15(17(24)21-6-2-3-7-21)22(10-12)16(23)11-4-5-13-14(8-11)19-20-18-13/h4-5,8,12,15H,2-3,6-7,9-10H2,1H3,(H,18,19,20)/t12-,15-/m0/s1. The molecule has 2 fully saturated rings. The van der Waals surface area contributed by atoms with Gasteiger partial charge < -0.3 is 14.5 Å². The number of likely N-dealkylation sites (tertiary alicyclic amines) is 2. The molecular weight excluding hydrogens is 322 g/mol. The molecule has 2 atom stereocenters. The van der Waals surface area contributed by atoms with Crippen molar-refractivity contribution in [3.8, 4) is 0 Å². The SMILES string of the molecule is CO[C@H]1C[C@@H](C(=O)N2CCCC2)N(C(=O)c2ccc3n[nH]nc3c2)C1. The van der Waals surface area contributed by atoms with Crippen LogP contribution >= 0.6 is 0 Å². The van der Waals surface area contributed by atoms with E-state index >= 15 is 0 Å². The lowest BCUT2D eigenvalue weighted by Crippen LogP contribution is -2.47. The Morgan fingerprint density at radius 3 is 2.72 bits per heavy atom. The third kappa shape index (κ3) is 2.86. The van der Waals surface area contributed by atoms with Gasteiger partial charge in [-0.15, -0.1) is 0 Å². The van der Waals surface area contributed by atoms with Crippen LogP contribution in [0.4, 0.5) is 0 Å². The molecule has 2 aromatic rings. The Morgan fingerprint density at radius 1 is 1.20 bits per heavy atom. The summed E-state index contributed by atoms with van der Waals surface area (Å²) in [6, 6.07) is 4.74. The summed E-state index contributed by atoms with van der Waals surface area (Å²) in [6.07, 6.45) is 2.49. The van der Waals surface area contributed by atoms with Crippen LogP contribution in [0.5, 0.6) is 0 Å². The minimum absolute atomic E-state index is 0.0351. The fraction of sp³-hybridized carbons (Fsp3) is 0.529. The fourth-order valence-corrected chi connectivity index (χ4v) is 3.71. The number of methoxy groups -OCH3 is 1. The predicted octanol–water partition coefficient (Wildman–Crippen LogP) is 0.810. The van der Waals surface area contributed by atoms with Crippen molar-refractivity contribution in [2.24, 2.45) is 0 Å². The van der Waals surface area contributed by atoms with E-state index in [0.717, 1.165) is 25.9 Å². The number of hydrogen-bond acceptors (Lipinski definition) is 5. The normalized spacial score (nSPS) is 23.6. The van der Waals surface area contributed by atoms with Crippen LogP contribution in [0.3, 0.4) is 0 Å². The van der Waals surface area contributed by atoms with Gasteiger partial charge in [0.15, 0.2) is 0 Å². The second kappa shape index (κ2) is 6.44. The molecule has 132 valence electrons. The maximum absolute atomic E-state index is 13.0. The molecule has 25 heavy (non-hydrogen) atoms. The van der Waals surface area contributed by atoms with Gasteiger partial charge in [0.25, 0.3) is 5.91 Å². The molecule has 0 saturated carbocycles. The topological polar surface area (TPSA) is 91.4 Å². The molecule has 2 aliphatic rings. The number of ether oxygens (including phenoxy) is 1. The van der Waals surface area contributed by atoms with Gasteiger partial charge in [0.05, 0.1) is 6.10 Å². The van der Waals surface area contributed by atoms with Crippen LogP contribution in [0.1, 0.15) is 29.6 Å². The van der Waals surface area contributed by atoms with Crippen molar-refractivity contribution >= 4 is 22.8 Å². The number of carbonyl (C=O) groups excluding carboxylic acids is 2. The van der Waals surface area contributed by atoms with E-state index in [1.807, 2.05) is 4.90 Å². The van der Waals surface area contributed by atoms with Gasteiger partial charge in [0, 0.05) is 38.7 Å². The molecule has 3 heterocycles. The summed E-state index contributed by atoms with van der Waals surface area (Å²) in [5, 5.41) is 10.6. The van der Waals surface area contributed by atoms with E-state index in [0.29, 0.717) is 29.6 Å². The number of benzene rings is 1. The van der Waals surface area contributed by atoms with Crippen molar-refractivity contribution in [2.45, 2.75) is 31.4 Å². The maximum atomic E-state index is 13.0. The van der Waals surface area contributed by atoms with E-state index in [9.17, 15) is 9.59 Å². The van der Waals surface area contributed by atoms with Crippen LogP contribution in [0.15, 0.2) is 18.2 Å². The highest BCUT2D eigenvalue weighted by atomic mass is 16.5. The van der Waals surface area contributed by atoms with E-state index in [4.69, 9.17) is 4.74 Å². The molecule has 8 heteroatoms. The summed E-state index contributed by atoms with van der Waals surface area (Å²) in [4.78, 5) is 29.4.